The van der Waals surface area contributed by atoms with Gasteiger partial charge < -0.3 is 25.1 Å². The first-order valence-electron chi connectivity index (χ1n) is 5.53. The number of carbonyl (C=O) groups is 1. The van der Waals surface area contributed by atoms with Gasteiger partial charge in [0.05, 0.1) is 13.2 Å². The Hall–Kier alpha value is -1.75. The third-order valence-electron chi connectivity index (χ3n) is 2.25. The predicted molar refractivity (Wildman–Crippen MR) is 59.4 cm³/mol. The van der Waals surface area contributed by atoms with Gasteiger partial charge in [0.25, 0.3) is 0 Å². The molecule has 94 valence electrons. The van der Waals surface area contributed by atoms with Gasteiger partial charge in [-0.25, -0.2) is 0 Å². The Morgan fingerprint density at radius 3 is 2.41 bits per heavy atom. The van der Waals surface area contributed by atoms with Crippen LogP contribution in [0.2, 0.25) is 0 Å². The summed E-state index contributed by atoms with van der Waals surface area (Å²) in [5.74, 6) is -0.0815. The largest absolute Gasteiger partial charge is 0.544 e. The van der Waals surface area contributed by atoms with Crippen LogP contribution in [0.3, 0.4) is 0 Å². The van der Waals surface area contributed by atoms with Gasteiger partial charge in [0.15, 0.2) is 17.5 Å². The molecule has 0 unspecified atom stereocenters. The Morgan fingerprint density at radius 2 is 1.88 bits per heavy atom. The molecule has 0 heterocycles. The van der Waals surface area contributed by atoms with Crippen LogP contribution in [0.4, 0.5) is 0 Å². The molecule has 0 aliphatic carbocycles. The molecule has 17 heavy (non-hydrogen) atoms. The van der Waals surface area contributed by atoms with Crippen LogP contribution >= 0.6 is 0 Å². The van der Waals surface area contributed by atoms with E-state index in [9.17, 15) is 9.90 Å². The topological polar surface area (TPSA) is 86.2 Å². The first-order chi connectivity index (χ1) is 8.10. The number of benzene rings is 1. The van der Waals surface area contributed by atoms with Gasteiger partial charge in [-0.1, -0.05) is 0 Å². The lowest BCUT2D eigenvalue weighted by atomic mass is 10.1. The predicted octanol–water partition coefficient (Wildman–Crippen LogP) is -0.483. The summed E-state index contributed by atoms with van der Waals surface area (Å²) in [4.78, 5) is 10.7. The molecule has 3 N–H and O–H groups in total. The van der Waals surface area contributed by atoms with Gasteiger partial charge in [0.1, 0.15) is 5.97 Å². The normalized spacial score (nSPS) is 11.9. The van der Waals surface area contributed by atoms with Crippen molar-refractivity contribution >= 4 is 5.97 Å². The number of carbonyl (C=O) groups excluding carboxylic acids is 1. The van der Waals surface area contributed by atoms with Crippen LogP contribution in [0.5, 0.6) is 11.5 Å². The summed E-state index contributed by atoms with van der Waals surface area (Å²) in [6.45, 7) is 4.72. The Morgan fingerprint density at radius 1 is 1.29 bits per heavy atom. The molecule has 1 rings (SSSR count). The zero-order valence-electron chi connectivity index (χ0n) is 10.1. The Labute approximate surface area is 100 Å². The summed E-state index contributed by atoms with van der Waals surface area (Å²) >= 11 is 0. The van der Waals surface area contributed by atoms with Crippen molar-refractivity contribution in [2.45, 2.75) is 19.9 Å². The third-order valence-corrected chi connectivity index (χ3v) is 2.25. The lowest BCUT2D eigenvalue weighted by molar-refractivity contribution is -0.443. The van der Waals surface area contributed by atoms with E-state index in [1.807, 2.05) is 13.8 Å². The highest BCUT2D eigenvalue weighted by molar-refractivity contribution is 5.72. The second-order valence-corrected chi connectivity index (χ2v) is 3.44. The highest BCUT2D eigenvalue weighted by Crippen LogP contribution is 2.29. The Bertz CT molecular complexity index is 392. The van der Waals surface area contributed by atoms with E-state index in [2.05, 4.69) is 5.73 Å². The number of rotatable bonds is 6. The van der Waals surface area contributed by atoms with E-state index < -0.39 is 12.0 Å². The molecule has 0 aliphatic heterocycles. The zero-order chi connectivity index (χ0) is 12.8. The molecule has 0 spiro atoms. The quantitative estimate of drug-likeness (QED) is 0.726. The maximum atomic E-state index is 10.7. The lowest BCUT2D eigenvalue weighted by Gasteiger charge is -2.14. The van der Waals surface area contributed by atoms with Crippen molar-refractivity contribution in [1.82, 2.24) is 0 Å². The summed E-state index contributed by atoms with van der Waals surface area (Å²) in [7, 11) is 0. The number of carboxylic acid groups (broad SMARTS) is 1. The zero-order valence-corrected chi connectivity index (χ0v) is 10.1. The van der Waals surface area contributed by atoms with E-state index in [1.165, 1.54) is 0 Å². The Balaban J connectivity index is 3.04. The highest BCUT2D eigenvalue weighted by atomic mass is 16.5. The standard InChI is InChI=1S/C12H17NO4/c1-3-16-9-6-5-8(11(13)12(14)15)7-10(9)17-4-2/h5-7,11H,3-4,13H2,1-2H3,(H,14,15)/t11-/m1/s1. The molecule has 0 fully saturated rings. The molecule has 0 aliphatic rings. The highest BCUT2D eigenvalue weighted by Gasteiger charge is 2.14. The van der Waals surface area contributed by atoms with Crippen molar-refractivity contribution in [3.05, 3.63) is 23.8 Å². The average molecular weight is 239 g/mol. The SMILES string of the molecule is CCOc1ccc([C@@H]([NH3+])C(=O)[O-])cc1OCC. The van der Waals surface area contributed by atoms with Crippen molar-refractivity contribution in [3.8, 4) is 11.5 Å². The van der Waals surface area contributed by atoms with E-state index in [0.717, 1.165) is 0 Å². The van der Waals surface area contributed by atoms with Crippen LogP contribution in [0, 0.1) is 0 Å². The van der Waals surface area contributed by atoms with Crippen LogP contribution in [-0.2, 0) is 4.79 Å². The van der Waals surface area contributed by atoms with Crippen molar-refractivity contribution in [3.63, 3.8) is 0 Å². The fourth-order valence-corrected chi connectivity index (χ4v) is 1.42. The maximum Gasteiger partial charge on any atom is 0.161 e. The molecule has 1 aromatic carbocycles. The van der Waals surface area contributed by atoms with E-state index in [1.54, 1.807) is 18.2 Å². The van der Waals surface area contributed by atoms with E-state index >= 15 is 0 Å². The van der Waals surface area contributed by atoms with Gasteiger partial charge in [0, 0.05) is 5.56 Å². The van der Waals surface area contributed by atoms with Crippen molar-refractivity contribution in [1.29, 1.82) is 0 Å². The number of ether oxygens (including phenoxy) is 2. The molecular weight excluding hydrogens is 222 g/mol. The summed E-state index contributed by atoms with van der Waals surface area (Å²) in [6, 6.07) is 4.05. The fraction of sp³-hybridized carbons (Fsp3) is 0.417. The van der Waals surface area contributed by atoms with Gasteiger partial charge in [-0.3, -0.25) is 0 Å². The molecule has 0 amide bonds. The second-order valence-electron chi connectivity index (χ2n) is 3.44. The minimum Gasteiger partial charge on any atom is -0.544 e. The molecule has 0 aromatic heterocycles. The number of carboxylic acids is 1. The molecule has 1 aromatic rings. The molecule has 0 saturated carbocycles. The van der Waals surface area contributed by atoms with Crippen molar-refractivity contribution in [2.75, 3.05) is 13.2 Å². The fourth-order valence-electron chi connectivity index (χ4n) is 1.42. The molecule has 5 heteroatoms. The summed E-state index contributed by atoms with van der Waals surface area (Å²) in [5, 5.41) is 10.7. The van der Waals surface area contributed by atoms with E-state index in [-0.39, 0.29) is 0 Å². The molecular formula is C12H17NO4. The van der Waals surface area contributed by atoms with Crippen molar-refractivity contribution < 1.29 is 25.1 Å². The van der Waals surface area contributed by atoms with Crippen LogP contribution < -0.4 is 20.3 Å². The lowest BCUT2D eigenvalue weighted by Crippen LogP contribution is -2.61. The van der Waals surface area contributed by atoms with Crippen LogP contribution in [0.1, 0.15) is 25.5 Å². The minimum atomic E-state index is -1.21. The maximum absolute atomic E-state index is 10.7. The van der Waals surface area contributed by atoms with Gasteiger partial charge >= 0.3 is 0 Å². The molecule has 0 bridgehead atoms. The number of hydrogen-bond acceptors (Lipinski definition) is 4. The van der Waals surface area contributed by atoms with E-state index in [0.29, 0.717) is 30.3 Å². The number of quaternary nitrogens is 1. The van der Waals surface area contributed by atoms with Crippen molar-refractivity contribution in [2.24, 2.45) is 0 Å². The number of aliphatic carboxylic acids is 1. The first kappa shape index (κ1) is 13.3. The van der Waals surface area contributed by atoms with E-state index in [4.69, 9.17) is 9.47 Å². The van der Waals surface area contributed by atoms with Gasteiger partial charge in [-0.05, 0) is 32.0 Å². The Kier molecular flexibility index (Phi) is 4.78. The molecule has 0 radical (unpaired) electrons. The summed E-state index contributed by atoms with van der Waals surface area (Å²) in [5.41, 5.74) is 4.07. The van der Waals surface area contributed by atoms with Crippen LogP contribution in [0.25, 0.3) is 0 Å². The smallest absolute Gasteiger partial charge is 0.161 e. The summed E-state index contributed by atoms with van der Waals surface area (Å²) < 4.78 is 10.8. The molecule has 5 nitrogen and oxygen atoms in total. The van der Waals surface area contributed by atoms with Crippen LogP contribution in [0.15, 0.2) is 18.2 Å². The van der Waals surface area contributed by atoms with Gasteiger partial charge in [0.2, 0.25) is 0 Å². The van der Waals surface area contributed by atoms with Gasteiger partial charge in [-0.15, -0.1) is 0 Å². The first-order valence-corrected chi connectivity index (χ1v) is 5.53. The molecule has 0 saturated heterocycles. The number of hydrogen-bond donors (Lipinski definition) is 1. The summed E-state index contributed by atoms with van der Waals surface area (Å²) in [6.07, 6.45) is 0. The average Bonchev–Trinajstić information content (AvgIpc) is 2.31. The minimum absolute atomic E-state index is 0.483. The monoisotopic (exact) mass is 239 g/mol. The second kappa shape index (κ2) is 6.10. The third kappa shape index (κ3) is 3.35. The molecule has 1 atom stereocenters. The van der Waals surface area contributed by atoms with Gasteiger partial charge in [-0.2, -0.15) is 0 Å². The van der Waals surface area contributed by atoms with Crippen LogP contribution in [-0.4, -0.2) is 19.2 Å².